The lowest BCUT2D eigenvalue weighted by Gasteiger charge is -2.30. The van der Waals surface area contributed by atoms with E-state index < -0.39 is 30.6 Å². The van der Waals surface area contributed by atoms with Gasteiger partial charge in [-0.1, -0.05) is 79.5 Å². The van der Waals surface area contributed by atoms with Crippen molar-refractivity contribution in [3.05, 3.63) is 100 Å². The first kappa shape index (κ1) is 33.6. The van der Waals surface area contributed by atoms with Gasteiger partial charge in [-0.25, -0.2) is 9.79 Å². The lowest BCUT2D eigenvalue weighted by Crippen LogP contribution is -2.43. The molecular formula is C34H36ClN5O4S. The smallest absolute Gasteiger partial charge is 0.334 e. The van der Waals surface area contributed by atoms with Gasteiger partial charge in [-0.15, -0.1) is 0 Å². The number of aliphatic imine (C=N–C) groups is 1. The number of nitrogens with one attached hydrogen (secondary N) is 2. The van der Waals surface area contributed by atoms with Crippen molar-refractivity contribution in [2.45, 2.75) is 56.7 Å². The summed E-state index contributed by atoms with van der Waals surface area (Å²) in [6.45, 7) is -0.130. The normalized spacial score (nSPS) is 14.9. The molecule has 3 aromatic rings. The molecule has 0 spiro atoms. The maximum atomic E-state index is 12.5. The Hall–Kier alpha value is -4.30. The van der Waals surface area contributed by atoms with E-state index in [2.05, 4.69) is 46.0 Å². The second-order valence-electron chi connectivity index (χ2n) is 10.9. The summed E-state index contributed by atoms with van der Waals surface area (Å²) in [5.41, 5.74) is 4.23. The van der Waals surface area contributed by atoms with Crippen molar-refractivity contribution in [3.8, 4) is 6.07 Å². The second-order valence-corrected chi connectivity index (χ2v) is 11.6. The van der Waals surface area contributed by atoms with Gasteiger partial charge in [0, 0.05) is 21.6 Å². The number of carbonyl (C=O) groups excluding carboxylic acids is 1. The molecule has 0 bridgehead atoms. The van der Waals surface area contributed by atoms with E-state index in [1.54, 1.807) is 41.8 Å². The molecule has 0 radical (unpaired) electrons. The minimum atomic E-state index is -1.69. The fraction of sp³-hybridized carbons (Fsp3) is 0.324. The molecule has 234 valence electrons. The molecule has 1 amide bonds. The van der Waals surface area contributed by atoms with Crippen molar-refractivity contribution < 1.29 is 19.8 Å². The summed E-state index contributed by atoms with van der Waals surface area (Å²) in [6.07, 6.45) is 4.45. The number of aliphatic hydroxyl groups excluding tert-OH is 1. The number of rotatable bonds is 12. The van der Waals surface area contributed by atoms with Crippen molar-refractivity contribution in [3.63, 3.8) is 0 Å². The first-order chi connectivity index (χ1) is 21.8. The number of carboxylic acids is 1. The van der Waals surface area contributed by atoms with E-state index >= 15 is 0 Å². The van der Waals surface area contributed by atoms with Gasteiger partial charge in [0.15, 0.2) is 6.10 Å². The molecule has 2 atom stereocenters. The van der Waals surface area contributed by atoms with E-state index in [-0.39, 0.29) is 6.54 Å². The maximum absolute atomic E-state index is 12.5. The van der Waals surface area contributed by atoms with Gasteiger partial charge in [-0.2, -0.15) is 5.26 Å². The highest BCUT2D eigenvalue weighted by molar-refractivity contribution is 7.79. The Balaban J connectivity index is 1.63. The molecular weight excluding hydrogens is 610 g/mol. The number of benzene rings is 3. The van der Waals surface area contributed by atoms with Crippen LogP contribution in [-0.4, -0.2) is 52.6 Å². The largest absolute Gasteiger partial charge is 0.479 e. The molecule has 1 unspecified atom stereocenters. The highest BCUT2D eigenvalue weighted by Gasteiger charge is 2.21. The van der Waals surface area contributed by atoms with Gasteiger partial charge in [0.05, 0.1) is 25.2 Å². The van der Waals surface area contributed by atoms with Crippen molar-refractivity contribution in [1.29, 1.82) is 5.26 Å². The predicted molar refractivity (Wildman–Crippen MR) is 180 cm³/mol. The average Bonchev–Trinajstić information content (AvgIpc) is 3.07. The van der Waals surface area contributed by atoms with Gasteiger partial charge in [0.1, 0.15) is 6.54 Å². The summed E-state index contributed by atoms with van der Waals surface area (Å²) < 4.78 is 0. The van der Waals surface area contributed by atoms with Crippen molar-refractivity contribution in [2.24, 2.45) is 4.99 Å². The summed E-state index contributed by atoms with van der Waals surface area (Å²) in [6, 6.07) is 24.4. The van der Waals surface area contributed by atoms with E-state index in [0.29, 0.717) is 29.0 Å². The molecule has 1 aliphatic carbocycles. The number of thiocarbonyl (C=S) groups is 1. The number of guanidine groups is 1. The van der Waals surface area contributed by atoms with Gasteiger partial charge >= 0.3 is 5.97 Å². The molecule has 1 aliphatic rings. The monoisotopic (exact) mass is 645 g/mol. The Labute approximate surface area is 273 Å². The van der Waals surface area contributed by atoms with E-state index in [1.165, 1.54) is 37.7 Å². The van der Waals surface area contributed by atoms with E-state index in [4.69, 9.17) is 28.9 Å². The number of aliphatic hydroxyl groups is 1. The van der Waals surface area contributed by atoms with Crippen LogP contribution in [0.2, 0.25) is 5.02 Å². The van der Waals surface area contributed by atoms with Crippen LogP contribution in [-0.2, 0) is 11.3 Å². The summed E-state index contributed by atoms with van der Waals surface area (Å²) in [5.74, 6) is -0.910. The van der Waals surface area contributed by atoms with Crippen molar-refractivity contribution >= 4 is 52.7 Å². The topological polar surface area (TPSA) is 138 Å². The molecule has 0 aliphatic heterocycles. The molecule has 3 aromatic carbocycles. The number of nitriles is 1. The van der Waals surface area contributed by atoms with Crippen LogP contribution in [0.3, 0.4) is 0 Å². The highest BCUT2D eigenvalue weighted by Crippen LogP contribution is 2.33. The molecule has 1 fully saturated rings. The minimum Gasteiger partial charge on any atom is -0.479 e. The lowest BCUT2D eigenvalue weighted by molar-refractivity contribution is -0.146. The summed E-state index contributed by atoms with van der Waals surface area (Å²) in [7, 11) is 0. The Morgan fingerprint density at radius 3 is 2.31 bits per heavy atom. The van der Waals surface area contributed by atoms with Gasteiger partial charge in [-0.3, -0.25) is 4.79 Å². The molecule has 4 rings (SSSR count). The van der Waals surface area contributed by atoms with Gasteiger partial charge in [0.25, 0.3) is 5.91 Å². The zero-order chi connectivity index (χ0) is 32.2. The number of carbonyl (C=O) groups is 2. The number of halogens is 1. The standard InChI is InChI=1S/C34H36ClN5O4S/c35-28-14-10-26(11-15-28)30(22-45)39-34(37-19-18-36)40(29-16-12-25(13-17-29)24-4-2-1-3-5-24)21-23-6-8-27(9-7-23)32(42)38-20-31(41)33(43)44/h6-17,22,24,30-31,41H,1-5,19-21H2,(H,37,39)(H,38,42)(H,43,44)/t30?,31-/m1/s1. The number of carboxylic acid groups (broad SMARTS) is 1. The Kier molecular flexibility index (Phi) is 12.5. The van der Waals surface area contributed by atoms with E-state index in [9.17, 15) is 20.0 Å². The van der Waals surface area contributed by atoms with Crippen LogP contribution in [0.1, 0.15) is 71.1 Å². The fourth-order valence-electron chi connectivity index (χ4n) is 5.30. The van der Waals surface area contributed by atoms with Gasteiger partial charge < -0.3 is 25.7 Å². The third kappa shape index (κ3) is 9.59. The Morgan fingerprint density at radius 2 is 1.71 bits per heavy atom. The molecule has 0 saturated heterocycles. The number of amides is 1. The molecule has 0 aromatic heterocycles. The van der Waals surface area contributed by atoms with Gasteiger partial charge in [-0.05, 0) is 71.8 Å². The molecule has 9 nitrogen and oxygen atoms in total. The van der Waals surface area contributed by atoms with Crippen LogP contribution >= 0.6 is 23.8 Å². The van der Waals surface area contributed by atoms with Crippen molar-refractivity contribution in [1.82, 2.24) is 10.6 Å². The Bertz CT molecular complexity index is 1520. The number of hydrogen-bond donors (Lipinski definition) is 4. The van der Waals surface area contributed by atoms with Crippen LogP contribution in [0.25, 0.3) is 0 Å². The number of aliphatic carboxylic acids is 1. The van der Waals surface area contributed by atoms with Crippen molar-refractivity contribution in [2.75, 3.05) is 18.0 Å². The number of nitrogens with zero attached hydrogens (tertiary/aromatic N) is 3. The third-order valence-corrected chi connectivity index (χ3v) is 8.31. The van der Waals surface area contributed by atoms with E-state index in [1.807, 2.05) is 17.0 Å². The lowest BCUT2D eigenvalue weighted by atomic mass is 9.84. The fourth-order valence-corrected chi connectivity index (χ4v) is 5.65. The summed E-state index contributed by atoms with van der Waals surface area (Å²) in [5, 5.41) is 35.8. The van der Waals surface area contributed by atoms with Crippen LogP contribution in [0.4, 0.5) is 5.69 Å². The minimum absolute atomic E-state index is 0.0783. The van der Waals surface area contributed by atoms with Crippen LogP contribution in [0.5, 0.6) is 0 Å². The third-order valence-electron chi connectivity index (χ3n) is 7.78. The SMILES string of the molecule is N#CCN=C(NC(C=S)c1ccc(Cl)cc1)N(Cc1ccc(C(=O)NC[C@@H](O)C(=O)O)cc1)c1ccc(C2CCCCC2)cc1. The molecule has 0 heterocycles. The quantitative estimate of drug-likeness (QED) is 0.0842. The molecule has 4 N–H and O–H groups in total. The second kappa shape index (κ2) is 16.7. The van der Waals surface area contributed by atoms with Crippen LogP contribution in [0.15, 0.2) is 77.8 Å². The zero-order valence-electron chi connectivity index (χ0n) is 24.7. The average molecular weight is 646 g/mol. The molecule has 1 saturated carbocycles. The van der Waals surface area contributed by atoms with E-state index in [0.717, 1.165) is 16.8 Å². The zero-order valence-corrected chi connectivity index (χ0v) is 26.3. The summed E-state index contributed by atoms with van der Waals surface area (Å²) >= 11 is 11.5. The highest BCUT2D eigenvalue weighted by atomic mass is 35.5. The number of hydrogen-bond acceptors (Lipinski definition) is 6. The maximum Gasteiger partial charge on any atom is 0.334 e. The van der Waals surface area contributed by atoms with Crippen LogP contribution in [0, 0.1) is 11.3 Å². The molecule has 45 heavy (non-hydrogen) atoms. The Morgan fingerprint density at radius 1 is 1.04 bits per heavy atom. The molecule has 11 heteroatoms. The van der Waals surface area contributed by atoms with Crippen LogP contribution < -0.4 is 15.5 Å². The predicted octanol–water partition coefficient (Wildman–Crippen LogP) is 5.78. The van der Waals surface area contributed by atoms with Gasteiger partial charge in [0.2, 0.25) is 5.96 Å². The first-order valence-electron chi connectivity index (χ1n) is 14.8. The number of anilines is 1. The first-order valence-corrected chi connectivity index (χ1v) is 15.7. The summed E-state index contributed by atoms with van der Waals surface area (Å²) in [4.78, 5) is 30.0.